The molecule has 2 heterocycles. The lowest BCUT2D eigenvalue weighted by atomic mass is 10.2. The first-order chi connectivity index (χ1) is 5.27. The highest BCUT2D eigenvalue weighted by atomic mass is 15.2. The van der Waals surface area contributed by atoms with Crippen LogP contribution in [0.3, 0.4) is 0 Å². The zero-order chi connectivity index (χ0) is 7.84. The number of guanidine groups is 1. The Morgan fingerprint density at radius 1 is 1.45 bits per heavy atom. The molecule has 1 aromatic heterocycles. The summed E-state index contributed by atoms with van der Waals surface area (Å²) in [5.41, 5.74) is 7.84. The molecule has 2 rings (SSSR count). The minimum Gasteiger partial charge on any atom is -0.370 e. The number of aromatic amines is 1. The van der Waals surface area contributed by atoms with Gasteiger partial charge in [0.2, 0.25) is 0 Å². The topological polar surface area (TPSA) is 68.9 Å². The van der Waals surface area contributed by atoms with E-state index in [1.807, 2.05) is 17.3 Å². The van der Waals surface area contributed by atoms with E-state index in [0.717, 1.165) is 13.1 Å². The normalized spacial score (nSPS) is 15.1. The third kappa shape index (κ3) is 0.869. The van der Waals surface area contributed by atoms with Gasteiger partial charge in [-0.2, -0.15) is 0 Å². The molecule has 1 aliphatic heterocycles. The minimum absolute atomic E-state index is 0.154. The Balaban J connectivity index is 2.22. The summed E-state index contributed by atoms with van der Waals surface area (Å²) in [5, 5.41) is 7.20. The summed E-state index contributed by atoms with van der Waals surface area (Å²) in [6, 6.07) is 0. The number of nitrogens with two attached hydrogens (primary N) is 1. The van der Waals surface area contributed by atoms with Crippen molar-refractivity contribution in [2.45, 2.75) is 13.1 Å². The molecule has 0 spiro atoms. The predicted octanol–water partition coefficient (Wildman–Crippen LogP) is 0.224. The lowest BCUT2D eigenvalue weighted by molar-refractivity contribution is 0.437. The highest BCUT2D eigenvalue weighted by Crippen LogP contribution is 2.20. The monoisotopic (exact) mass is 150 g/mol. The molecule has 0 saturated carbocycles. The van der Waals surface area contributed by atoms with Gasteiger partial charge < -0.3 is 15.6 Å². The molecule has 0 unspecified atom stereocenters. The molecule has 58 valence electrons. The molecule has 0 atom stereocenters. The van der Waals surface area contributed by atoms with Crippen LogP contribution in [-0.2, 0) is 13.1 Å². The molecule has 1 aliphatic rings. The number of nitrogens with zero attached hydrogens (tertiary/aromatic N) is 1. The smallest absolute Gasteiger partial charge is 0.188 e. The van der Waals surface area contributed by atoms with Crippen molar-refractivity contribution in [3.63, 3.8) is 0 Å². The zero-order valence-corrected chi connectivity index (χ0v) is 6.09. The Morgan fingerprint density at radius 2 is 2.00 bits per heavy atom. The fourth-order valence-electron chi connectivity index (χ4n) is 1.36. The summed E-state index contributed by atoms with van der Waals surface area (Å²) >= 11 is 0. The van der Waals surface area contributed by atoms with E-state index >= 15 is 0 Å². The Labute approximate surface area is 64.5 Å². The minimum atomic E-state index is 0.154. The maximum atomic E-state index is 7.20. The molecule has 0 amide bonds. The molecule has 4 nitrogen and oxygen atoms in total. The first kappa shape index (κ1) is 6.27. The molecule has 4 heteroatoms. The van der Waals surface area contributed by atoms with Gasteiger partial charge in [-0.05, 0) is 11.1 Å². The highest BCUT2D eigenvalue weighted by Gasteiger charge is 2.19. The molecule has 0 aromatic carbocycles. The van der Waals surface area contributed by atoms with Gasteiger partial charge in [0.15, 0.2) is 5.96 Å². The number of rotatable bonds is 0. The van der Waals surface area contributed by atoms with Gasteiger partial charge in [0.05, 0.1) is 0 Å². The van der Waals surface area contributed by atoms with Crippen LogP contribution in [0.4, 0.5) is 0 Å². The Hall–Kier alpha value is -1.45. The van der Waals surface area contributed by atoms with Crippen molar-refractivity contribution in [2.24, 2.45) is 5.73 Å². The fourth-order valence-corrected chi connectivity index (χ4v) is 1.36. The second-order valence-electron chi connectivity index (χ2n) is 2.75. The average Bonchev–Trinajstić information content (AvgIpc) is 2.40. The van der Waals surface area contributed by atoms with Gasteiger partial charge in [-0.1, -0.05) is 0 Å². The van der Waals surface area contributed by atoms with E-state index in [9.17, 15) is 0 Å². The molecule has 0 radical (unpaired) electrons. The van der Waals surface area contributed by atoms with Crippen molar-refractivity contribution in [3.8, 4) is 0 Å². The molecular formula is C7H10N4. The van der Waals surface area contributed by atoms with E-state index in [1.165, 1.54) is 11.1 Å². The van der Waals surface area contributed by atoms with E-state index in [-0.39, 0.29) is 5.96 Å². The van der Waals surface area contributed by atoms with Crippen molar-refractivity contribution >= 4 is 5.96 Å². The summed E-state index contributed by atoms with van der Waals surface area (Å²) in [6.45, 7) is 1.54. The van der Waals surface area contributed by atoms with Crippen LogP contribution < -0.4 is 5.73 Å². The lowest BCUT2D eigenvalue weighted by Crippen LogP contribution is -2.31. The summed E-state index contributed by atoms with van der Waals surface area (Å²) < 4.78 is 0. The molecule has 0 bridgehead atoms. The molecule has 4 N–H and O–H groups in total. The SMILES string of the molecule is N=C(N)N1Cc2c[nH]cc2C1. The third-order valence-corrected chi connectivity index (χ3v) is 1.99. The molecule has 0 fully saturated rings. The van der Waals surface area contributed by atoms with Crippen LogP contribution in [0.5, 0.6) is 0 Å². The molecule has 0 aliphatic carbocycles. The molecular weight excluding hydrogens is 140 g/mol. The second-order valence-corrected chi connectivity index (χ2v) is 2.75. The number of nitrogens with one attached hydrogen (secondary N) is 2. The van der Waals surface area contributed by atoms with Gasteiger partial charge in [0.25, 0.3) is 0 Å². The van der Waals surface area contributed by atoms with Crippen LogP contribution in [0, 0.1) is 5.41 Å². The summed E-state index contributed by atoms with van der Waals surface area (Å²) in [6.07, 6.45) is 3.91. The van der Waals surface area contributed by atoms with Gasteiger partial charge in [-0.15, -0.1) is 0 Å². The number of aromatic nitrogens is 1. The van der Waals surface area contributed by atoms with Gasteiger partial charge in [-0.3, -0.25) is 5.41 Å². The maximum absolute atomic E-state index is 7.20. The fraction of sp³-hybridized carbons (Fsp3) is 0.286. The Morgan fingerprint density at radius 3 is 2.45 bits per heavy atom. The first-order valence-corrected chi connectivity index (χ1v) is 3.51. The van der Waals surface area contributed by atoms with E-state index in [2.05, 4.69) is 4.98 Å². The predicted molar refractivity (Wildman–Crippen MR) is 42.0 cm³/mol. The standard InChI is InChI=1S/C7H10N4/c8-7(9)11-3-5-1-10-2-6(5)4-11/h1-2,10H,3-4H2,(H3,8,9). The number of fused-ring (bicyclic) bond motifs is 1. The van der Waals surface area contributed by atoms with Crippen LogP contribution in [0.25, 0.3) is 0 Å². The first-order valence-electron chi connectivity index (χ1n) is 3.51. The van der Waals surface area contributed by atoms with Crippen molar-refractivity contribution in [2.75, 3.05) is 0 Å². The van der Waals surface area contributed by atoms with Crippen molar-refractivity contribution < 1.29 is 0 Å². The van der Waals surface area contributed by atoms with Crippen molar-refractivity contribution in [1.29, 1.82) is 5.41 Å². The van der Waals surface area contributed by atoms with E-state index in [0.29, 0.717) is 0 Å². The van der Waals surface area contributed by atoms with E-state index in [1.54, 1.807) is 0 Å². The van der Waals surface area contributed by atoms with E-state index in [4.69, 9.17) is 11.1 Å². The van der Waals surface area contributed by atoms with Crippen LogP contribution in [0.15, 0.2) is 12.4 Å². The quantitative estimate of drug-likeness (QED) is 0.366. The van der Waals surface area contributed by atoms with Gasteiger partial charge in [-0.25, -0.2) is 0 Å². The van der Waals surface area contributed by atoms with Gasteiger partial charge >= 0.3 is 0 Å². The maximum Gasteiger partial charge on any atom is 0.188 e. The second kappa shape index (κ2) is 2.02. The summed E-state index contributed by atoms with van der Waals surface area (Å²) in [5.74, 6) is 0.154. The molecule has 11 heavy (non-hydrogen) atoms. The Bertz CT molecular complexity index is 268. The van der Waals surface area contributed by atoms with Crippen LogP contribution in [0.1, 0.15) is 11.1 Å². The number of H-pyrrole nitrogens is 1. The lowest BCUT2D eigenvalue weighted by Gasteiger charge is -2.13. The summed E-state index contributed by atoms with van der Waals surface area (Å²) in [4.78, 5) is 4.85. The summed E-state index contributed by atoms with van der Waals surface area (Å²) in [7, 11) is 0. The number of hydrogen-bond acceptors (Lipinski definition) is 1. The highest BCUT2D eigenvalue weighted by molar-refractivity contribution is 5.75. The van der Waals surface area contributed by atoms with Crippen molar-refractivity contribution in [1.82, 2.24) is 9.88 Å². The van der Waals surface area contributed by atoms with Crippen LogP contribution in [-0.4, -0.2) is 15.8 Å². The van der Waals surface area contributed by atoms with Gasteiger partial charge in [0.1, 0.15) is 0 Å². The molecule has 1 aromatic rings. The van der Waals surface area contributed by atoms with Crippen LogP contribution >= 0.6 is 0 Å². The number of hydrogen-bond donors (Lipinski definition) is 3. The average molecular weight is 150 g/mol. The largest absolute Gasteiger partial charge is 0.370 e. The molecule has 0 saturated heterocycles. The van der Waals surface area contributed by atoms with E-state index < -0.39 is 0 Å². The zero-order valence-electron chi connectivity index (χ0n) is 6.09. The van der Waals surface area contributed by atoms with Crippen LogP contribution in [0.2, 0.25) is 0 Å². The third-order valence-electron chi connectivity index (χ3n) is 1.99. The van der Waals surface area contributed by atoms with Gasteiger partial charge in [0, 0.05) is 25.5 Å². The Kier molecular flexibility index (Phi) is 1.15. The van der Waals surface area contributed by atoms with Crippen molar-refractivity contribution in [3.05, 3.63) is 23.5 Å².